The predicted octanol–water partition coefficient (Wildman–Crippen LogP) is 3.76. The van der Waals surface area contributed by atoms with Crippen LogP contribution in [-0.2, 0) is 11.3 Å². The van der Waals surface area contributed by atoms with Crippen LogP contribution in [0.1, 0.15) is 44.7 Å². The molecule has 0 radical (unpaired) electrons. The van der Waals surface area contributed by atoms with Crippen LogP contribution in [0.3, 0.4) is 0 Å². The van der Waals surface area contributed by atoms with Gasteiger partial charge in [-0.05, 0) is 62.1 Å². The molecule has 34 heavy (non-hydrogen) atoms. The molecule has 1 atom stereocenters. The number of aromatic nitrogens is 2. The molecule has 1 aromatic heterocycles. The summed E-state index contributed by atoms with van der Waals surface area (Å²) in [5.41, 5.74) is 0.728. The van der Waals surface area contributed by atoms with Crippen molar-refractivity contribution in [3.8, 4) is 17.2 Å². The summed E-state index contributed by atoms with van der Waals surface area (Å²) in [6.07, 6.45) is 2.31. The molecule has 1 fully saturated rings. The molecule has 0 N–H and O–H groups in total. The zero-order chi connectivity index (χ0) is 24.2. The molecule has 4 rings (SSSR count). The molecule has 1 saturated heterocycles. The highest BCUT2D eigenvalue weighted by atomic mass is 16.5. The Morgan fingerprint density at radius 3 is 2.44 bits per heavy atom. The summed E-state index contributed by atoms with van der Waals surface area (Å²) in [4.78, 5) is 27.3. The fraction of sp³-hybridized carbons (Fsp3) is 0.462. The lowest BCUT2D eigenvalue weighted by Gasteiger charge is -2.26. The van der Waals surface area contributed by atoms with E-state index < -0.39 is 0 Å². The summed E-state index contributed by atoms with van der Waals surface area (Å²) in [5, 5.41) is 0.465. The van der Waals surface area contributed by atoms with Gasteiger partial charge in [-0.1, -0.05) is 13.0 Å². The molecule has 8 nitrogen and oxygen atoms in total. The third kappa shape index (κ3) is 4.68. The SMILES string of the molecule is CC[C@H](C)Oc1ccc2c(c1)c(=O)n(Cc1ccc(OC)c(OC)c1)c(=O)n2C1CCOCC1. The number of benzene rings is 2. The number of nitrogens with zero attached hydrogens (tertiary/aromatic N) is 2. The van der Waals surface area contributed by atoms with Crippen LogP contribution in [0.15, 0.2) is 46.0 Å². The standard InChI is InChI=1S/C26H32N2O6/c1-5-17(2)34-20-7-8-22-21(15-20)25(29)27(26(30)28(22)19-10-12-33-13-11-19)16-18-6-9-23(31-3)24(14-18)32-4/h6-9,14-15,17,19H,5,10-13,16H2,1-4H3/t17-/m0/s1. The molecule has 0 saturated carbocycles. The zero-order valence-corrected chi connectivity index (χ0v) is 20.2. The Morgan fingerprint density at radius 1 is 1.03 bits per heavy atom. The van der Waals surface area contributed by atoms with E-state index >= 15 is 0 Å². The van der Waals surface area contributed by atoms with Gasteiger partial charge in [0.25, 0.3) is 5.56 Å². The summed E-state index contributed by atoms with van der Waals surface area (Å²) >= 11 is 0. The minimum atomic E-state index is -0.340. The third-order valence-corrected chi connectivity index (χ3v) is 6.40. The van der Waals surface area contributed by atoms with E-state index in [1.807, 2.05) is 32.0 Å². The van der Waals surface area contributed by atoms with Gasteiger partial charge in [-0.3, -0.25) is 13.9 Å². The van der Waals surface area contributed by atoms with Gasteiger partial charge in [-0.2, -0.15) is 0 Å². The molecule has 0 aliphatic carbocycles. The van der Waals surface area contributed by atoms with Crippen molar-refractivity contribution in [1.29, 1.82) is 0 Å². The van der Waals surface area contributed by atoms with Gasteiger partial charge < -0.3 is 18.9 Å². The van der Waals surface area contributed by atoms with Crippen LogP contribution in [0.2, 0.25) is 0 Å². The minimum Gasteiger partial charge on any atom is -0.493 e. The first-order chi connectivity index (χ1) is 16.5. The summed E-state index contributed by atoms with van der Waals surface area (Å²) in [6, 6.07) is 10.8. The maximum absolute atomic E-state index is 13.7. The van der Waals surface area contributed by atoms with Crippen molar-refractivity contribution in [3.05, 3.63) is 62.8 Å². The molecule has 0 unspecified atom stereocenters. The molecule has 182 valence electrons. The lowest BCUT2D eigenvalue weighted by atomic mass is 10.1. The normalized spacial score (nSPS) is 15.3. The lowest BCUT2D eigenvalue weighted by Crippen LogP contribution is -2.42. The first-order valence-electron chi connectivity index (χ1n) is 11.7. The van der Waals surface area contributed by atoms with Crippen molar-refractivity contribution in [2.75, 3.05) is 27.4 Å². The largest absolute Gasteiger partial charge is 0.493 e. The van der Waals surface area contributed by atoms with Gasteiger partial charge in [0.1, 0.15) is 5.75 Å². The first kappa shape index (κ1) is 23.9. The van der Waals surface area contributed by atoms with Crippen LogP contribution < -0.4 is 25.5 Å². The van der Waals surface area contributed by atoms with Gasteiger partial charge in [-0.15, -0.1) is 0 Å². The Morgan fingerprint density at radius 2 is 1.76 bits per heavy atom. The fourth-order valence-corrected chi connectivity index (χ4v) is 4.35. The van der Waals surface area contributed by atoms with Crippen molar-refractivity contribution >= 4 is 10.9 Å². The van der Waals surface area contributed by atoms with E-state index in [1.54, 1.807) is 37.0 Å². The predicted molar refractivity (Wildman–Crippen MR) is 131 cm³/mol. The highest BCUT2D eigenvalue weighted by molar-refractivity contribution is 5.80. The van der Waals surface area contributed by atoms with E-state index in [9.17, 15) is 9.59 Å². The molecule has 8 heteroatoms. The maximum atomic E-state index is 13.7. The molecule has 0 bridgehead atoms. The lowest BCUT2D eigenvalue weighted by molar-refractivity contribution is 0.0691. The first-order valence-corrected chi connectivity index (χ1v) is 11.7. The molecule has 3 aromatic rings. The number of rotatable bonds is 8. The molecule has 0 spiro atoms. The minimum absolute atomic E-state index is 0.0211. The van der Waals surface area contributed by atoms with E-state index in [4.69, 9.17) is 18.9 Å². The van der Waals surface area contributed by atoms with Crippen LogP contribution >= 0.6 is 0 Å². The summed E-state index contributed by atoms with van der Waals surface area (Å²) in [5.74, 6) is 1.75. The topological polar surface area (TPSA) is 80.9 Å². The average molecular weight is 469 g/mol. The van der Waals surface area contributed by atoms with E-state index in [1.165, 1.54) is 4.57 Å². The van der Waals surface area contributed by atoms with Gasteiger partial charge in [0.2, 0.25) is 0 Å². The summed E-state index contributed by atoms with van der Waals surface area (Å²) < 4.78 is 25.3. The molecular formula is C26H32N2O6. The van der Waals surface area contributed by atoms with Gasteiger partial charge >= 0.3 is 5.69 Å². The highest BCUT2D eigenvalue weighted by Crippen LogP contribution is 2.28. The highest BCUT2D eigenvalue weighted by Gasteiger charge is 2.23. The van der Waals surface area contributed by atoms with Crippen LogP contribution in [0.5, 0.6) is 17.2 Å². The molecular weight excluding hydrogens is 436 g/mol. The Kier molecular flexibility index (Phi) is 7.26. The summed E-state index contributed by atoms with van der Waals surface area (Å²) in [6.45, 7) is 5.33. The second kappa shape index (κ2) is 10.3. The van der Waals surface area contributed by atoms with Crippen molar-refractivity contribution in [2.45, 2.75) is 51.8 Å². The smallest absolute Gasteiger partial charge is 0.332 e. The second-order valence-electron chi connectivity index (χ2n) is 8.59. The van der Waals surface area contributed by atoms with Crippen molar-refractivity contribution in [2.24, 2.45) is 0 Å². The zero-order valence-electron chi connectivity index (χ0n) is 20.2. The van der Waals surface area contributed by atoms with Gasteiger partial charge in [0.05, 0.1) is 37.8 Å². The monoisotopic (exact) mass is 468 g/mol. The number of ether oxygens (including phenoxy) is 4. The van der Waals surface area contributed by atoms with E-state index in [0.29, 0.717) is 54.2 Å². The number of hydrogen-bond acceptors (Lipinski definition) is 6. The van der Waals surface area contributed by atoms with Gasteiger partial charge in [0, 0.05) is 19.3 Å². The van der Waals surface area contributed by atoms with Crippen LogP contribution in [-0.4, -0.2) is 42.7 Å². The summed E-state index contributed by atoms with van der Waals surface area (Å²) in [7, 11) is 3.12. The maximum Gasteiger partial charge on any atom is 0.332 e. The number of fused-ring (bicyclic) bond motifs is 1. The van der Waals surface area contributed by atoms with Gasteiger partial charge in [0.15, 0.2) is 11.5 Å². The number of hydrogen-bond donors (Lipinski definition) is 0. The molecule has 1 aliphatic heterocycles. The molecule has 0 amide bonds. The van der Waals surface area contributed by atoms with Gasteiger partial charge in [-0.25, -0.2) is 4.79 Å². The quantitative estimate of drug-likeness (QED) is 0.501. The number of methoxy groups -OCH3 is 2. The van der Waals surface area contributed by atoms with Crippen molar-refractivity contribution < 1.29 is 18.9 Å². The van der Waals surface area contributed by atoms with Crippen molar-refractivity contribution in [1.82, 2.24) is 9.13 Å². The second-order valence-corrected chi connectivity index (χ2v) is 8.59. The molecule has 2 aromatic carbocycles. The van der Waals surface area contributed by atoms with E-state index in [-0.39, 0.29) is 29.9 Å². The Hall–Kier alpha value is -3.26. The Labute approximate surface area is 198 Å². The van der Waals surface area contributed by atoms with Crippen LogP contribution in [0.25, 0.3) is 10.9 Å². The third-order valence-electron chi connectivity index (χ3n) is 6.40. The average Bonchev–Trinajstić information content (AvgIpc) is 2.87. The fourth-order valence-electron chi connectivity index (χ4n) is 4.35. The Balaban J connectivity index is 1.88. The van der Waals surface area contributed by atoms with E-state index in [2.05, 4.69) is 0 Å². The molecule has 2 heterocycles. The van der Waals surface area contributed by atoms with Crippen LogP contribution in [0.4, 0.5) is 0 Å². The van der Waals surface area contributed by atoms with Crippen molar-refractivity contribution in [3.63, 3.8) is 0 Å². The Bertz CT molecular complexity index is 1270. The van der Waals surface area contributed by atoms with E-state index in [0.717, 1.165) is 12.0 Å². The molecule has 1 aliphatic rings. The van der Waals surface area contributed by atoms with Crippen LogP contribution in [0, 0.1) is 0 Å².